The number of fused-ring (bicyclic) bond motifs is 1. The summed E-state index contributed by atoms with van der Waals surface area (Å²) in [4.78, 5) is 33.3. The zero-order chi connectivity index (χ0) is 20.9. The molecule has 1 aliphatic heterocycles. The number of ether oxygens (including phenoxy) is 1. The summed E-state index contributed by atoms with van der Waals surface area (Å²) in [5, 5.41) is 3.63. The van der Waals surface area contributed by atoms with Gasteiger partial charge < -0.3 is 19.9 Å². The average Bonchev–Trinajstić information content (AvgIpc) is 2.79. The summed E-state index contributed by atoms with van der Waals surface area (Å²) in [6, 6.07) is 16.9. The van der Waals surface area contributed by atoms with Crippen LogP contribution >= 0.6 is 0 Å². The summed E-state index contributed by atoms with van der Waals surface area (Å²) in [6.45, 7) is 3.14. The third-order valence-corrected chi connectivity index (χ3v) is 5.13. The van der Waals surface area contributed by atoms with Crippen molar-refractivity contribution in [3.63, 3.8) is 0 Å². The number of carbonyl (C=O) groups excluding carboxylic acids is 2. The Kier molecular flexibility index (Phi) is 5.90. The van der Waals surface area contributed by atoms with Crippen LogP contribution in [0.1, 0.15) is 10.4 Å². The molecule has 154 valence electrons. The van der Waals surface area contributed by atoms with E-state index in [1.54, 1.807) is 19.3 Å². The van der Waals surface area contributed by atoms with Crippen LogP contribution in [-0.2, 0) is 9.53 Å². The van der Waals surface area contributed by atoms with Crippen LogP contribution in [0, 0.1) is 0 Å². The smallest absolute Gasteiger partial charge is 0.254 e. The lowest BCUT2D eigenvalue weighted by Crippen LogP contribution is -2.36. The first kappa shape index (κ1) is 19.8. The van der Waals surface area contributed by atoms with Crippen molar-refractivity contribution in [1.29, 1.82) is 0 Å². The third-order valence-electron chi connectivity index (χ3n) is 5.13. The number of aromatic nitrogens is 1. The third kappa shape index (κ3) is 4.41. The van der Waals surface area contributed by atoms with Crippen molar-refractivity contribution in [2.75, 3.05) is 50.1 Å². The van der Waals surface area contributed by atoms with Crippen LogP contribution in [0.3, 0.4) is 0 Å². The lowest BCUT2D eigenvalue weighted by molar-refractivity contribution is -0.116. The first-order valence-electron chi connectivity index (χ1n) is 9.93. The van der Waals surface area contributed by atoms with Crippen LogP contribution < -0.4 is 10.2 Å². The molecule has 1 saturated heterocycles. The molecule has 7 nitrogen and oxygen atoms in total. The number of para-hydroxylation sites is 1. The highest BCUT2D eigenvalue weighted by molar-refractivity contribution is 6.07. The highest BCUT2D eigenvalue weighted by atomic mass is 16.5. The van der Waals surface area contributed by atoms with Gasteiger partial charge in [-0.15, -0.1) is 0 Å². The Morgan fingerprint density at radius 1 is 1.07 bits per heavy atom. The van der Waals surface area contributed by atoms with E-state index >= 15 is 0 Å². The van der Waals surface area contributed by atoms with E-state index in [0.717, 1.165) is 42.9 Å². The van der Waals surface area contributed by atoms with Crippen molar-refractivity contribution in [2.45, 2.75) is 0 Å². The molecule has 0 spiro atoms. The van der Waals surface area contributed by atoms with Crippen LogP contribution in [0.15, 0.2) is 60.8 Å². The van der Waals surface area contributed by atoms with Gasteiger partial charge in [-0.2, -0.15) is 0 Å². The Hall–Kier alpha value is -3.45. The van der Waals surface area contributed by atoms with Crippen LogP contribution in [0.2, 0.25) is 0 Å². The van der Waals surface area contributed by atoms with E-state index in [0.29, 0.717) is 11.3 Å². The number of hydrogen-bond acceptors (Lipinski definition) is 5. The predicted octanol–water partition coefficient (Wildman–Crippen LogP) is 2.78. The van der Waals surface area contributed by atoms with Crippen LogP contribution in [0.4, 0.5) is 11.4 Å². The molecular formula is C23H24N4O3. The SMILES string of the molecule is CN(CC(=O)Nc1ccc(N2CCOCC2)cc1)C(=O)c1ccnc2ccccc12. The first-order chi connectivity index (χ1) is 14.6. The minimum absolute atomic E-state index is 0.0410. The normalized spacial score (nSPS) is 13.8. The summed E-state index contributed by atoms with van der Waals surface area (Å²) in [7, 11) is 1.62. The van der Waals surface area contributed by atoms with Crippen molar-refractivity contribution in [3.05, 3.63) is 66.4 Å². The van der Waals surface area contributed by atoms with Crippen LogP contribution in [0.5, 0.6) is 0 Å². The van der Waals surface area contributed by atoms with E-state index < -0.39 is 0 Å². The molecule has 0 atom stereocenters. The van der Waals surface area contributed by atoms with Gasteiger partial charge in [0.05, 0.1) is 30.8 Å². The van der Waals surface area contributed by atoms with Gasteiger partial charge in [-0.25, -0.2) is 0 Å². The fourth-order valence-electron chi connectivity index (χ4n) is 3.55. The molecule has 0 radical (unpaired) electrons. The van der Waals surface area contributed by atoms with Gasteiger partial charge in [0.25, 0.3) is 5.91 Å². The number of pyridine rings is 1. The quantitative estimate of drug-likeness (QED) is 0.708. The second kappa shape index (κ2) is 8.92. The van der Waals surface area contributed by atoms with Gasteiger partial charge in [0.15, 0.2) is 0 Å². The number of hydrogen-bond donors (Lipinski definition) is 1. The zero-order valence-electron chi connectivity index (χ0n) is 16.9. The molecule has 0 saturated carbocycles. The van der Waals surface area contributed by atoms with Gasteiger partial charge in [0, 0.05) is 43.1 Å². The van der Waals surface area contributed by atoms with E-state index in [4.69, 9.17) is 4.74 Å². The summed E-state index contributed by atoms with van der Waals surface area (Å²) < 4.78 is 5.38. The number of nitrogens with one attached hydrogen (secondary N) is 1. The molecule has 0 aliphatic carbocycles. The molecule has 2 heterocycles. The van der Waals surface area contributed by atoms with Crippen molar-refractivity contribution in [3.8, 4) is 0 Å². The highest BCUT2D eigenvalue weighted by Crippen LogP contribution is 2.20. The standard InChI is InChI=1S/C23H24N4O3/c1-26(23(29)20-10-11-24-21-5-3-2-4-19(20)21)16-22(28)25-17-6-8-18(9-7-17)27-12-14-30-15-13-27/h2-11H,12-16H2,1H3,(H,25,28). The van der Waals surface area contributed by atoms with E-state index in [1.807, 2.05) is 48.5 Å². The molecule has 1 fully saturated rings. The monoisotopic (exact) mass is 404 g/mol. The average molecular weight is 404 g/mol. The minimum atomic E-state index is -0.247. The summed E-state index contributed by atoms with van der Waals surface area (Å²) in [6.07, 6.45) is 1.61. The van der Waals surface area contributed by atoms with E-state index in [-0.39, 0.29) is 18.4 Å². The predicted molar refractivity (Wildman–Crippen MR) is 117 cm³/mol. The van der Waals surface area contributed by atoms with Crippen molar-refractivity contribution >= 4 is 34.1 Å². The molecular weight excluding hydrogens is 380 g/mol. The molecule has 4 rings (SSSR count). The topological polar surface area (TPSA) is 74.8 Å². The molecule has 7 heteroatoms. The summed E-state index contributed by atoms with van der Waals surface area (Å²) in [5.41, 5.74) is 3.09. The van der Waals surface area contributed by atoms with E-state index in [9.17, 15) is 9.59 Å². The van der Waals surface area contributed by atoms with E-state index in [1.165, 1.54) is 4.90 Å². The molecule has 30 heavy (non-hydrogen) atoms. The number of rotatable bonds is 5. The molecule has 1 aromatic heterocycles. The van der Waals surface area contributed by atoms with Crippen molar-refractivity contribution < 1.29 is 14.3 Å². The van der Waals surface area contributed by atoms with Crippen LogP contribution in [-0.4, -0.2) is 61.6 Å². The number of benzene rings is 2. The Labute approximate surface area is 175 Å². The maximum Gasteiger partial charge on any atom is 0.254 e. The fraction of sp³-hybridized carbons (Fsp3) is 0.261. The first-order valence-corrected chi connectivity index (χ1v) is 9.93. The molecule has 0 unspecified atom stereocenters. The molecule has 2 aromatic carbocycles. The van der Waals surface area contributed by atoms with Gasteiger partial charge in [0.1, 0.15) is 0 Å². The Morgan fingerprint density at radius 3 is 2.57 bits per heavy atom. The highest BCUT2D eigenvalue weighted by Gasteiger charge is 2.18. The Bertz CT molecular complexity index is 1040. The summed E-state index contributed by atoms with van der Waals surface area (Å²) in [5.74, 6) is -0.463. The lowest BCUT2D eigenvalue weighted by Gasteiger charge is -2.28. The number of anilines is 2. The van der Waals surface area contributed by atoms with Gasteiger partial charge >= 0.3 is 0 Å². The van der Waals surface area contributed by atoms with Crippen molar-refractivity contribution in [2.24, 2.45) is 0 Å². The molecule has 0 bridgehead atoms. The number of morpholine rings is 1. The number of carbonyl (C=O) groups is 2. The fourth-order valence-corrected chi connectivity index (χ4v) is 3.55. The maximum atomic E-state index is 12.9. The molecule has 1 N–H and O–H groups in total. The minimum Gasteiger partial charge on any atom is -0.378 e. The number of likely N-dealkylation sites (N-methyl/N-ethyl adjacent to an activating group) is 1. The Morgan fingerprint density at radius 2 is 1.80 bits per heavy atom. The zero-order valence-corrected chi connectivity index (χ0v) is 16.9. The van der Waals surface area contributed by atoms with Crippen molar-refractivity contribution in [1.82, 2.24) is 9.88 Å². The Balaban J connectivity index is 1.38. The van der Waals surface area contributed by atoms with Gasteiger partial charge in [-0.1, -0.05) is 18.2 Å². The van der Waals surface area contributed by atoms with E-state index in [2.05, 4.69) is 15.2 Å². The molecule has 1 aliphatic rings. The number of amides is 2. The molecule has 2 amide bonds. The lowest BCUT2D eigenvalue weighted by atomic mass is 10.1. The van der Waals surface area contributed by atoms with Gasteiger partial charge in [-0.05, 0) is 36.4 Å². The van der Waals surface area contributed by atoms with Crippen LogP contribution in [0.25, 0.3) is 10.9 Å². The second-order valence-corrected chi connectivity index (χ2v) is 7.23. The summed E-state index contributed by atoms with van der Waals surface area (Å²) >= 11 is 0. The second-order valence-electron chi connectivity index (χ2n) is 7.23. The maximum absolute atomic E-state index is 12.9. The van der Waals surface area contributed by atoms with Gasteiger partial charge in [-0.3, -0.25) is 14.6 Å². The number of nitrogens with zero attached hydrogens (tertiary/aromatic N) is 3. The van der Waals surface area contributed by atoms with Gasteiger partial charge in [0.2, 0.25) is 5.91 Å². The largest absolute Gasteiger partial charge is 0.378 e. The molecule has 3 aromatic rings.